The molecule has 4 atom stereocenters. The summed E-state index contributed by atoms with van der Waals surface area (Å²) in [5.74, 6) is -0.243. The molecule has 0 spiro atoms. The molecule has 1 aromatic rings. The Bertz CT molecular complexity index is 503. The van der Waals surface area contributed by atoms with Crippen LogP contribution in [0.3, 0.4) is 0 Å². The van der Waals surface area contributed by atoms with Gasteiger partial charge in [-0.05, 0) is 19.4 Å². The van der Waals surface area contributed by atoms with E-state index in [-0.39, 0.29) is 24.8 Å². The topological polar surface area (TPSA) is 122 Å². The zero-order valence-electron chi connectivity index (χ0n) is 10.0. The lowest BCUT2D eigenvalue weighted by atomic mass is 9.65. The molecule has 0 amide bonds. The lowest BCUT2D eigenvalue weighted by molar-refractivity contribution is -0.215. The number of aliphatic hydroxyl groups is 3. The van der Waals surface area contributed by atoms with Gasteiger partial charge < -0.3 is 21.1 Å². The number of nitrogens with two attached hydrogens (primary N) is 1. The zero-order chi connectivity index (χ0) is 13.5. The Morgan fingerprint density at radius 2 is 2.39 bits per heavy atom. The van der Waals surface area contributed by atoms with Crippen molar-refractivity contribution in [1.29, 1.82) is 0 Å². The van der Waals surface area contributed by atoms with E-state index in [1.807, 2.05) is 0 Å². The first-order valence-electron chi connectivity index (χ1n) is 5.76. The van der Waals surface area contributed by atoms with Crippen molar-refractivity contribution in [1.82, 2.24) is 9.55 Å². The molecule has 7 nitrogen and oxygen atoms in total. The molecule has 2 unspecified atom stereocenters. The number of nitrogens with zero attached hydrogens (tertiary/aromatic N) is 2. The van der Waals surface area contributed by atoms with Gasteiger partial charge in [0.05, 0.1) is 12.1 Å². The minimum absolute atomic E-state index is 0.109. The van der Waals surface area contributed by atoms with E-state index < -0.39 is 23.4 Å². The maximum absolute atomic E-state index is 11.7. The summed E-state index contributed by atoms with van der Waals surface area (Å²) in [7, 11) is 0. The summed E-state index contributed by atoms with van der Waals surface area (Å²) in [5.41, 5.74) is 3.39. The fourth-order valence-electron chi connectivity index (χ4n) is 2.44. The summed E-state index contributed by atoms with van der Waals surface area (Å²) in [6.07, 6.45) is 0.622. The minimum atomic E-state index is -1.42. The Morgan fingerprint density at radius 3 is 2.89 bits per heavy atom. The molecular weight excluding hydrogens is 238 g/mol. The standard InChI is InChI=1S/C11H17N3O4/c1-6(11(18)4-7(5-15)9(11)16)14-3-2-8(12)13-10(14)17/h2-3,6-7,9,15-16,18H,4-5H2,1H3,(H2,12,13,17)/t6-,7?,9+,11?/m1/s1. The lowest BCUT2D eigenvalue weighted by Gasteiger charge is -2.51. The van der Waals surface area contributed by atoms with Crippen molar-refractivity contribution in [2.45, 2.75) is 31.1 Å². The van der Waals surface area contributed by atoms with Crippen LogP contribution in [0.4, 0.5) is 5.82 Å². The molecule has 0 aromatic carbocycles. The van der Waals surface area contributed by atoms with Gasteiger partial charge in [0.25, 0.3) is 0 Å². The van der Waals surface area contributed by atoms with E-state index in [9.17, 15) is 15.0 Å². The highest BCUT2D eigenvalue weighted by molar-refractivity contribution is 5.24. The van der Waals surface area contributed by atoms with Crippen LogP contribution in [-0.2, 0) is 0 Å². The molecule has 2 rings (SSSR count). The molecule has 5 N–H and O–H groups in total. The van der Waals surface area contributed by atoms with Crippen LogP contribution in [0.2, 0.25) is 0 Å². The van der Waals surface area contributed by atoms with Crippen molar-refractivity contribution in [2.75, 3.05) is 12.3 Å². The molecule has 1 fully saturated rings. The molecule has 0 saturated heterocycles. The summed E-state index contributed by atoms with van der Waals surface area (Å²) >= 11 is 0. The van der Waals surface area contributed by atoms with E-state index in [2.05, 4.69) is 4.98 Å². The largest absolute Gasteiger partial charge is 0.396 e. The first-order valence-corrected chi connectivity index (χ1v) is 5.76. The summed E-state index contributed by atoms with van der Waals surface area (Å²) in [6.45, 7) is 1.43. The highest BCUT2D eigenvalue weighted by Gasteiger charge is 2.55. The molecule has 0 bridgehead atoms. The normalized spacial score (nSPS) is 32.9. The molecule has 1 aromatic heterocycles. The first kappa shape index (κ1) is 13.0. The van der Waals surface area contributed by atoms with Crippen LogP contribution in [-0.4, -0.2) is 43.2 Å². The van der Waals surface area contributed by atoms with Crippen molar-refractivity contribution in [3.63, 3.8) is 0 Å². The highest BCUT2D eigenvalue weighted by Crippen LogP contribution is 2.44. The van der Waals surface area contributed by atoms with Crippen molar-refractivity contribution in [2.24, 2.45) is 5.92 Å². The van der Waals surface area contributed by atoms with Crippen LogP contribution in [0.25, 0.3) is 0 Å². The third-order valence-corrected chi connectivity index (χ3v) is 3.77. The summed E-state index contributed by atoms with van der Waals surface area (Å²) in [4.78, 5) is 15.2. The highest BCUT2D eigenvalue weighted by atomic mass is 16.4. The Labute approximate surface area is 104 Å². The van der Waals surface area contributed by atoms with E-state index in [1.54, 1.807) is 6.92 Å². The van der Waals surface area contributed by atoms with E-state index in [4.69, 9.17) is 10.8 Å². The second-order valence-electron chi connectivity index (χ2n) is 4.80. The average Bonchev–Trinajstić information content (AvgIpc) is 2.34. The van der Waals surface area contributed by atoms with E-state index in [1.165, 1.54) is 16.8 Å². The third kappa shape index (κ3) is 1.80. The second-order valence-corrected chi connectivity index (χ2v) is 4.80. The van der Waals surface area contributed by atoms with Crippen LogP contribution < -0.4 is 11.4 Å². The predicted octanol–water partition coefficient (Wildman–Crippen LogP) is -1.51. The fraction of sp³-hybridized carbons (Fsp3) is 0.636. The molecule has 1 heterocycles. The van der Waals surface area contributed by atoms with Crippen molar-refractivity contribution < 1.29 is 15.3 Å². The maximum Gasteiger partial charge on any atom is 0.349 e. The number of aromatic nitrogens is 2. The lowest BCUT2D eigenvalue weighted by Crippen LogP contribution is -2.64. The molecular formula is C11H17N3O4. The third-order valence-electron chi connectivity index (χ3n) is 3.77. The van der Waals surface area contributed by atoms with Gasteiger partial charge in [0.2, 0.25) is 0 Å². The van der Waals surface area contributed by atoms with Crippen LogP contribution in [0.15, 0.2) is 17.1 Å². The molecule has 7 heteroatoms. The van der Waals surface area contributed by atoms with Crippen LogP contribution >= 0.6 is 0 Å². The molecule has 100 valence electrons. The van der Waals surface area contributed by atoms with Gasteiger partial charge in [-0.1, -0.05) is 0 Å². The van der Waals surface area contributed by atoms with E-state index in [0.717, 1.165) is 0 Å². The smallest absolute Gasteiger partial charge is 0.349 e. The van der Waals surface area contributed by atoms with Gasteiger partial charge in [-0.2, -0.15) is 4.98 Å². The van der Waals surface area contributed by atoms with Crippen LogP contribution in [0.5, 0.6) is 0 Å². The molecule has 1 saturated carbocycles. The minimum Gasteiger partial charge on any atom is -0.396 e. The summed E-state index contributed by atoms with van der Waals surface area (Å²) in [5, 5.41) is 29.1. The quantitative estimate of drug-likeness (QED) is 0.521. The zero-order valence-corrected chi connectivity index (χ0v) is 10.0. The Morgan fingerprint density at radius 1 is 1.72 bits per heavy atom. The first-order chi connectivity index (χ1) is 8.40. The molecule has 1 aliphatic rings. The van der Waals surface area contributed by atoms with Crippen LogP contribution in [0.1, 0.15) is 19.4 Å². The van der Waals surface area contributed by atoms with Crippen molar-refractivity contribution >= 4 is 5.82 Å². The van der Waals surface area contributed by atoms with Gasteiger partial charge in [-0.25, -0.2) is 4.79 Å². The Balaban J connectivity index is 2.27. The summed E-state index contributed by atoms with van der Waals surface area (Å²) in [6, 6.07) is 0.812. The molecule has 0 aliphatic heterocycles. The fourth-order valence-corrected chi connectivity index (χ4v) is 2.44. The number of nitrogen functional groups attached to an aromatic ring is 1. The number of anilines is 1. The van der Waals surface area contributed by atoms with Crippen molar-refractivity contribution in [3.8, 4) is 0 Å². The van der Waals surface area contributed by atoms with Gasteiger partial charge in [-0.15, -0.1) is 0 Å². The van der Waals surface area contributed by atoms with Crippen LogP contribution in [0, 0.1) is 5.92 Å². The Kier molecular flexibility index (Phi) is 3.14. The van der Waals surface area contributed by atoms with Crippen molar-refractivity contribution in [3.05, 3.63) is 22.7 Å². The molecule has 1 aliphatic carbocycles. The van der Waals surface area contributed by atoms with E-state index >= 15 is 0 Å². The second kappa shape index (κ2) is 4.34. The van der Waals surface area contributed by atoms with Gasteiger partial charge in [0.1, 0.15) is 11.4 Å². The number of hydrogen-bond acceptors (Lipinski definition) is 6. The molecule has 0 radical (unpaired) electrons. The predicted molar refractivity (Wildman–Crippen MR) is 63.8 cm³/mol. The SMILES string of the molecule is C[C@@H](n1ccc(N)nc1=O)C1(O)CC(CO)[C@@H]1O. The van der Waals surface area contributed by atoms with Gasteiger partial charge in [-0.3, -0.25) is 4.57 Å². The van der Waals surface area contributed by atoms with E-state index in [0.29, 0.717) is 0 Å². The maximum atomic E-state index is 11.7. The number of hydrogen-bond donors (Lipinski definition) is 4. The number of aliphatic hydroxyl groups excluding tert-OH is 2. The van der Waals surface area contributed by atoms with Gasteiger partial charge in [0, 0.05) is 18.7 Å². The van der Waals surface area contributed by atoms with Gasteiger partial charge in [0.15, 0.2) is 0 Å². The molecule has 18 heavy (non-hydrogen) atoms. The van der Waals surface area contributed by atoms with Gasteiger partial charge >= 0.3 is 5.69 Å². The Hall–Kier alpha value is -1.44. The number of rotatable bonds is 3. The summed E-state index contributed by atoms with van der Waals surface area (Å²) < 4.78 is 1.23. The average molecular weight is 255 g/mol. The monoisotopic (exact) mass is 255 g/mol.